The third-order valence-corrected chi connectivity index (χ3v) is 8.11. The number of carbonyl (C=O) groups is 1. The van der Waals surface area contributed by atoms with Gasteiger partial charge >= 0.3 is 0 Å². The van der Waals surface area contributed by atoms with E-state index >= 15 is 0 Å². The van der Waals surface area contributed by atoms with Gasteiger partial charge in [-0.05, 0) is 48.7 Å². The van der Waals surface area contributed by atoms with Crippen LogP contribution in [0.2, 0.25) is 5.02 Å². The maximum Gasteiger partial charge on any atom is 0.243 e. The number of thioether (sulfide) groups is 1. The molecule has 0 aliphatic carbocycles. The molecule has 5 nitrogen and oxygen atoms in total. The number of halogens is 2. The van der Waals surface area contributed by atoms with E-state index in [2.05, 4.69) is 5.32 Å². The zero-order chi connectivity index (χ0) is 21.6. The minimum atomic E-state index is -3.65. The summed E-state index contributed by atoms with van der Waals surface area (Å²) in [6.45, 7) is 1.02. The van der Waals surface area contributed by atoms with Gasteiger partial charge in [-0.2, -0.15) is 16.1 Å². The first-order chi connectivity index (χ1) is 14.4. The van der Waals surface area contributed by atoms with Crippen LogP contribution in [0.5, 0.6) is 0 Å². The number of hydrogen-bond acceptors (Lipinski definition) is 4. The van der Waals surface area contributed by atoms with Crippen molar-refractivity contribution in [1.82, 2.24) is 9.62 Å². The van der Waals surface area contributed by atoms with Crippen molar-refractivity contribution in [2.45, 2.75) is 23.5 Å². The first-order valence-electron chi connectivity index (χ1n) is 9.72. The zero-order valence-electron chi connectivity index (χ0n) is 16.4. The second kappa shape index (κ2) is 10.6. The Morgan fingerprint density at radius 1 is 1.20 bits per heavy atom. The van der Waals surface area contributed by atoms with Crippen LogP contribution in [-0.4, -0.2) is 44.0 Å². The fraction of sp³-hybridized carbons (Fsp3) is 0.381. The van der Waals surface area contributed by atoms with Crippen molar-refractivity contribution in [3.8, 4) is 0 Å². The summed E-state index contributed by atoms with van der Waals surface area (Å²) in [5.41, 5.74) is 0.643. The Morgan fingerprint density at radius 2 is 1.93 bits per heavy atom. The Morgan fingerprint density at radius 3 is 2.67 bits per heavy atom. The third-order valence-electron chi connectivity index (χ3n) is 4.97. The molecule has 1 fully saturated rings. The summed E-state index contributed by atoms with van der Waals surface area (Å²) in [5.74, 6) is 0.451. The Hall–Kier alpha value is -1.61. The summed E-state index contributed by atoms with van der Waals surface area (Å²) in [4.78, 5) is 12.7. The van der Waals surface area contributed by atoms with Gasteiger partial charge in [0.2, 0.25) is 15.9 Å². The summed E-state index contributed by atoms with van der Waals surface area (Å²) in [6.07, 6.45) is 1.29. The Bertz CT molecular complexity index is 970. The van der Waals surface area contributed by atoms with Crippen LogP contribution in [0.25, 0.3) is 0 Å². The van der Waals surface area contributed by atoms with Gasteiger partial charge in [0.15, 0.2) is 0 Å². The van der Waals surface area contributed by atoms with Crippen LogP contribution in [0.1, 0.15) is 18.4 Å². The van der Waals surface area contributed by atoms with Gasteiger partial charge in [0.1, 0.15) is 5.82 Å². The van der Waals surface area contributed by atoms with Gasteiger partial charge < -0.3 is 5.32 Å². The minimum absolute atomic E-state index is 0.141. The van der Waals surface area contributed by atoms with Crippen molar-refractivity contribution in [3.63, 3.8) is 0 Å². The molecular formula is C21H24ClFN2O3S2. The van der Waals surface area contributed by atoms with E-state index in [1.54, 1.807) is 42.1 Å². The predicted octanol–water partition coefficient (Wildman–Crippen LogP) is 3.93. The molecule has 3 rings (SSSR count). The highest BCUT2D eigenvalue weighted by molar-refractivity contribution is 7.98. The standard InChI is InChI=1S/C21H24ClFN2O3S2/c22-18-7-9-19(10-8-18)30(27,28)25-12-3-5-16(14-25)21(26)24-11-13-29-15-17-4-1-2-6-20(17)23/h1-2,4,6-10,16H,3,5,11-15H2,(H,24,26). The van der Waals surface area contributed by atoms with E-state index in [4.69, 9.17) is 11.6 Å². The number of piperidine rings is 1. The van der Waals surface area contributed by atoms with E-state index in [0.29, 0.717) is 48.0 Å². The Balaban J connectivity index is 1.47. The molecule has 0 aromatic heterocycles. The molecule has 1 amide bonds. The van der Waals surface area contributed by atoms with Gasteiger partial charge in [-0.15, -0.1) is 0 Å². The molecule has 30 heavy (non-hydrogen) atoms. The van der Waals surface area contributed by atoms with Crippen molar-refractivity contribution in [2.75, 3.05) is 25.4 Å². The quantitative estimate of drug-likeness (QED) is 0.593. The number of nitrogens with one attached hydrogen (secondary N) is 1. The van der Waals surface area contributed by atoms with E-state index in [0.717, 1.165) is 0 Å². The lowest BCUT2D eigenvalue weighted by atomic mass is 9.99. The SMILES string of the molecule is O=C(NCCSCc1ccccc1F)C1CCCN(S(=O)(=O)c2ccc(Cl)cc2)C1. The molecule has 0 bridgehead atoms. The summed E-state index contributed by atoms with van der Waals surface area (Å²) in [5, 5.41) is 3.35. The maximum absolute atomic E-state index is 13.6. The molecule has 1 aliphatic rings. The van der Waals surface area contributed by atoms with Crippen LogP contribution in [0.4, 0.5) is 4.39 Å². The lowest BCUT2D eigenvalue weighted by Crippen LogP contribution is -2.45. The van der Waals surface area contributed by atoms with Gasteiger partial charge in [0.25, 0.3) is 0 Å². The summed E-state index contributed by atoms with van der Waals surface area (Å²) >= 11 is 7.38. The molecule has 2 aromatic rings. The normalized spacial score (nSPS) is 17.6. The molecule has 1 N–H and O–H groups in total. The maximum atomic E-state index is 13.6. The number of rotatable bonds is 8. The van der Waals surface area contributed by atoms with E-state index in [1.165, 1.54) is 22.5 Å². The number of amides is 1. The lowest BCUT2D eigenvalue weighted by Gasteiger charge is -2.31. The lowest BCUT2D eigenvalue weighted by molar-refractivity contribution is -0.125. The second-order valence-corrected chi connectivity index (χ2v) is 10.6. The van der Waals surface area contributed by atoms with E-state index in [1.807, 2.05) is 0 Å². The molecule has 1 heterocycles. The molecule has 9 heteroatoms. The molecule has 2 aromatic carbocycles. The van der Waals surface area contributed by atoms with E-state index in [-0.39, 0.29) is 29.1 Å². The Labute approximate surface area is 186 Å². The summed E-state index contributed by atoms with van der Waals surface area (Å²) in [7, 11) is -3.65. The highest BCUT2D eigenvalue weighted by atomic mass is 35.5. The largest absolute Gasteiger partial charge is 0.355 e. The highest BCUT2D eigenvalue weighted by Crippen LogP contribution is 2.25. The first-order valence-corrected chi connectivity index (χ1v) is 12.7. The van der Waals surface area contributed by atoms with Crippen molar-refractivity contribution in [3.05, 3.63) is 64.9 Å². The molecule has 0 saturated carbocycles. The average molecular weight is 471 g/mol. The number of nitrogens with zero attached hydrogens (tertiary/aromatic N) is 1. The number of hydrogen-bond donors (Lipinski definition) is 1. The van der Waals surface area contributed by atoms with Gasteiger partial charge in [0.05, 0.1) is 10.8 Å². The smallest absolute Gasteiger partial charge is 0.243 e. The topological polar surface area (TPSA) is 66.5 Å². The average Bonchev–Trinajstić information content (AvgIpc) is 2.75. The molecule has 1 unspecified atom stereocenters. The van der Waals surface area contributed by atoms with E-state index < -0.39 is 10.0 Å². The van der Waals surface area contributed by atoms with E-state index in [9.17, 15) is 17.6 Å². The fourth-order valence-electron chi connectivity index (χ4n) is 3.32. The molecular weight excluding hydrogens is 447 g/mol. The van der Waals surface area contributed by atoms with Crippen LogP contribution in [0.3, 0.4) is 0 Å². The molecule has 1 saturated heterocycles. The first kappa shape index (κ1) is 23.1. The molecule has 1 aliphatic heterocycles. The Kier molecular flexibility index (Phi) is 8.16. The van der Waals surface area contributed by atoms with Gasteiger partial charge in [-0.25, -0.2) is 12.8 Å². The highest BCUT2D eigenvalue weighted by Gasteiger charge is 2.33. The van der Waals surface area contributed by atoms with Crippen molar-refractivity contribution >= 4 is 39.3 Å². The number of carbonyl (C=O) groups excluding carboxylic acids is 1. The van der Waals surface area contributed by atoms with Crippen LogP contribution in [0.15, 0.2) is 53.4 Å². The van der Waals surface area contributed by atoms with Crippen molar-refractivity contribution < 1.29 is 17.6 Å². The van der Waals surface area contributed by atoms with Crippen LogP contribution in [-0.2, 0) is 20.6 Å². The predicted molar refractivity (Wildman–Crippen MR) is 119 cm³/mol. The molecule has 1 atom stereocenters. The van der Waals surface area contributed by atoms with Crippen molar-refractivity contribution in [1.29, 1.82) is 0 Å². The third kappa shape index (κ3) is 5.97. The summed E-state index contributed by atoms with van der Waals surface area (Å²) < 4.78 is 40.7. The zero-order valence-corrected chi connectivity index (χ0v) is 18.8. The second-order valence-electron chi connectivity index (χ2n) is 7.09. The fourth-order valence-corrected chi connectivity index (χ4v) is 5.81. The van der Waals surface area contributed by atoms with Gasteiger partial charge in [0, 0.05) is 36.2 Å². The van der Waals surface area contributed by atoms with Gasteiger partial charge in [-0.1, -0.05) is 29.8 Å². The molecule has 162 valence electrons. The monoisotopic (exact) mass is 470 g/mol. The molecule has 0 radical (unpaired) electrons. The summed E-state index contributed by atoms with van der Waals surface area (Å²) in [6, 6.07) is 12.7. The molecule has 0 spiro atoms. The van der Waals surface area contributed by atoms with Gasteiger partial charge in [-0.3, -0.25) is 4.79 Å². The van der Waals surface area contributed by atoms with Crippen molar-refractivity contribution in [2.24, 2.45) is 5.92 Å². The number of benzene rings is 2. The van der Waals surface area contributed by atoms with Crippen LogP contribution >= 0.6 is 23.4 Å². The minimum Gasteiger partial charge on any atom is -0.355 e. The number of sulfonamides is 1. The van der Waals surface area contributed by atoms with Crippen LogP contribution < -0.4 is 5.32 Å². The van der Waals surface area contributed by atoms with Crippen LogP contribution in [0, 0.1) is 11.7 Å².